The van der Waals surface area contributed by atoms with Crippen molar-refractivity contribution in [2.75, 3.05) is 6.61 Å². The van der Waals surface area contributed by atoms with E-state index in [1.165, 1.54) is 4.57 Å². The molecule has 0 spiro atoms. The third kappa shape index (κ3) is 2.44. The number of benzene rings is 1. The van der Waals surface area contributed by atoms with E-state index < -0.39 is 9.05 Å². The number of nitrogens with zero attached hydrogens (tertiary/aromatic N) is 3. The zero-order valence-electron chi connectivity index (χ0n) is 10.4. The first kappa shape index (κ1) is 13.5. The molecule has 2 aromatic rings. The zero-order valence-corrected chi connectivity index (χ0v) is 12.0. The van der Waals surface area contributed by atoms with E-state index in [-0.39, 0.29) is 11.3 Å². The Labute approximate surface area is 120 Å². The van der Waals surface area contributed by atoms with Crippen LogP contribution in [0.15, 0.2) is 35.5 Å². The first-order valence-electron chi connectivity index (χ1n) is 6.14. The van der Waals surface area contributed by atoms with Crippen LogP contribution in [0.2, 0.25) is 0 Å². The minimum absolute atomic E-state index is 0.255. The maximum atomic E-state index is 11.7. The highest BCUT2D eigenvalue weighted by atomic mass is 35.7. The highest BCUT2D eigenvalue weighted by Gasteiger charge is 2.30. The van der Waals surface area contributed by atoms with Crippen molar-refractivity contribution in [1.29, 1.82) is 0 Å². The van der Waals surface area contributed by atoms with E-state index in [1.807, 2.05) is 6.07 Å². The van der Waals surface area contributed by atoms with Gasteiger partial charge in [-0.2, -0.15) is 0 Å². The Hall–Kier alpha value is -1.44. The van der Waals surface area contributed by atoms with Crippen molar-refractivity contribution in [3.8, 4) is 5.69 Å². The molecular formula is C12H12ClN3O3S. The fraction of sp³-hybridized carbons (Fsp3) is 0.333. The minimum atomic E-state index is -3.98. The average Bonchev–Trinajstić information content (AvgIpc) is 3.07. The molecule has 1 unspecified atom stereocenters. The van der Waals surface area contributed by atoms with Crippen LogP contribution in [0, 0.1) is 0 Å². The average molecular weight is 314 g/mol. The van der Waals surface area contributed by atoms with Crippen molar-refractivity contribution in [2.45, 2.75) is 24.1 Å². The van der Waals surface area contributed by atoms with Gasteiger partial charge < -0.3 is 4.74 Å². The Balaban J connectivity index is 2.19. The number of rotatable bonds is 3. The molecule has 8 heteroatoms. The summed E-state index contributed by atoms with van der Waals surface area (Å²) in [4.78, 5) is 0. The lowest BCUT2D eigenvalue weighted by Gasteiger charge is -2.12. The summed E-state index contributed by atoms with van der Waals surface area (Å²) < 4.78 is 30.3. The number of hydrogen-bond acceptors (Lipinski definition) is 5. The summed E-state index contributed by atoms with van der Waals surface area (Å²) in [5.74, 6) is 0.466. The maximum absolute atomic E-state index is 11.7. The maximum Gasteiger partial charge on any atom is 0.297 e. The topological polar surface area (TPSA) is 74.1 Å². The standard InChI is InChI=1S/C12H12ClN3O3S/c13-20(17,18)12-15-14-11(10-7-4-8-19-10)16(12)9-5-2-1-3-6-9/h1-3,5-6,10H,4,7-8H2. The third-order valence-electron chi connectivity index (χ3n) is 3.11. The number of ether oxygens (including phenoxy) is 1. The summed E-state index contributed by atoms with van der Waals surface area (Å²) in [6.07, 6.45) is 1.44. The van der Waals surface area contributed by atoms with E-state index in [4.69, 9.17) is 15.4 Å². The summed E-state index contributed by atoms with van der Waals surface area (Å²) in [5.41, 5.74) is 0.641. The predicted molar refractivity (Wildman–Crippen MR) is 72.3 cm³/mol. The molecule has 0 aliphatic carbocycles. The molecule has 0 amide bonds. The van der Waals surface area contributed by atoms with Crippen molar-refractivity contribution in [1.82, 2.24) is 14.8 Å². The lowest BCUT2D eigenvalue weighted by Crippen LogP contribution is -2.10. The summed E-state index contributed by atoms with van der Waals surface area (Å²) in [6, 6.07) is 8.99. The van der Waals surface area contributed by atoms with Gasteiger partial charge in [0.05, 0.1) is 0 Å². The van der Waals surface area contributed by atoms with Gasteiger partial charge in [0.2, 0.25) is 0 Å². The Bertz CT molecular complexity index is 709. The van der Waals surface area contributed by atoms with Crippen LogP contribution in [-0.2, 0) is 13.8 Å². The molecule has 1 aromatic carbocycles. The van der Waals surface area contributed by atoms with Gasteiger partial charge in [-0.15, -0.1) is 10.2 Å². The molecule has 1 aliphatic rings. The Kier molecular flexibility index (Phi) is 3.49. The second-order valence-electron chi connectivity index (χ2n) is 4.45. The van der Waals surface area contributed by atoms with E-state index in [2.05, 4.69) is 10.2 Å². The van der Waals surface area contributed by atoms with E-state index in [0.29, 0.717) is 18.1 Å². The highest BCUT2D eigenvalue weighted by molar-refractivity contribution is 8.13. The van der Waals surface area contributed by atoms with Crippen LogP contribution in [-0.4, -0.2) is 29.8 Å². The van der Waals surface area contributed by atoms with Gasteiger partial charge >= 0.3 is 0 Å². The fourth-order valence-electron chi connectivity index (χ4n) is 2.25. The Morgan fingerprint density at radius 1 is 1.25 bits per heavy atom. The lowest BCUT2D eigenvalue weighted by atomic mass is 10.2. The highest BCUT2D eigenvalue weighted by Crippen LogP contribution is 2.31. The fourth-order valence-corrected chi connectivity index (χ4v) is 3.10. The molecule has 1 saturated heterocycles. The van der Waals surface area contributed by atoms with Gasteiger partial charge in [-0.3, -0.25) is 4.57 Å². The first-order chi connectivity index (χ1) is 9.57. The summed E-state index contributed by atoms with van der Waals surface area (Å²) in [7, 11) is 1.46. The van der Waals surface area contributed by atoms with Crippen LogP contribution in [0.4, 0.5) is 0 Å². The molecule has 1 atom stereocenters. The molecule has 0 bridgehead atoms. The molecule has 6 nitrogen and oxygen atoms in total. The van der Waals surface area contributed by atoms with E-state index in [0.717, 1.165) is 12.8 Å². The van der Waals surface area contributed by atoms with Gasteiger partial charge in [-0.25, -0.2) is 8.42 Å². The number of para-hydroxylation sites is 1. The molecule has 1 aromatic heterocycles. The number of halogens is 1. The van der Waals surface area contributed by atoms with Crippen LogP contribution in [0.25, 0.3) is 5.69 Å². The van der Waals surface area contributed by atoms with Crippen LogP contribution in [0.3, 0.4) is 0 Å². The second kappa shape index (κ2) is 5.16. The van der Waals surface area contributed by atoms with Gasteiger partial charge in [0, 0.05) is 23.0 Å². The van der Waals surface area contributed by atoms with Gasteiger partial charge in [0.1, 0.15) is 6.10 Å². The van der Waals surface area contributed by atoms with Crippen molar-refractivity contribution in [3.05, 3.63) is 36.2 Å². The smallest absolute Gasteiger partial charge is 0.297 e. The lowest BCUT2D eigenvalue weighted by molar-refractivity contribution is 0.103. The molecule has 2 heterocycles. The SMILES string of the molecule is O=S(=O)(Cl)c1nnc(C2CCCO2)n1-c1ccccc1. The third-order valence-corrected chi connectivity index (χ3v) is 4.22. The van der Waals surface area contributed by atoms with Gasteiger partial charge in [-0.1, -0.05) is 18.2 Å². The molecule has 1 fully saturated rings. The number of aromatic nitrogens is 3. The van der Waals surface area contributed by atoms with Crippen molar-refractivity contribution in [2.24, 2.45) is 0 Å². The summed E-state index contributed by atoms with van der Waals surface area (Å²) in [5, 5.41) is 7.41. The summed E-state index contributed by atoms with van der Waals surface area (Å²) >= 11 is 0. The Morgan fingerprint density at radius 2 is 2.00 bits per heavy atom. The van der Waals surface area contributed by atoms with Crippen molar-refractivity contribution < 1.29 is 13.2 Å². The number of hydrogen-bond donors (Lipinski definition) is 0. The molecule has 106 valence electrons. The largest absolute Gasteiger partial charge is 0.370 e. The molecule has 0 saturated carbocycles. The Morgan fingerprint density at radius 3 is 2.60 bits per heavy atom. The quantitative estimate of drug-likeness (QED) is 0.811. The first-order valence-corrected chi connectivity index (χ1v) is 8.45. The van der Waals surface area contributed by atoms with Crippen LogP contribution in [0.1, 0.15) is 24.8 Å². The van der Waals surface area contributed by atoms with Crippen LogP contribution < -0.4 is 0 Å². The second-order valence-corrected chi connectivity index (χ2v) is 6.91. The monoisotopic (exact) mass is 313 g/mol. The molecule has 20 heavy (non-hydrogen) atoms. The van der Waals surface area contributed by atoms with E-state index >= 15 is 0 Å². The molecule has 3 rings (SSSR count). The summed E-state index contributed by atoms with van der Waals surface area (Å²) in [6.45, 7) is 0.634. The van der Waals surface area contributed by atoms with Crippen LogP contribution in [0.5, 0.6) is 0 Å². The molecule has 1 aliphatic heterocycles. The molecule has 0 N–H and O–H groups in total. The molecule has 0 radical (unpaired) electrons. The van der Waals surface area contributed by atoms with Crippen LogP contribution >= 0.6 is 10.7 Å². The van der Waals surface area contributed by atoms with Gasteiger partial charge in [0.15, 0.2) is 5.82 Å². The van der Waals surface area contributed by atoms with Gasteiger partial charge in [-0.05, 0) is 25.0 Å². The normalized spacial score (nSPS) is 19.4. The van der Waals surface area contributed by atoms with Gasteiger partial charge in [0.25, 0.3) is 14.2 Å². The van der Waals surface area contributed by atoms with E-state index in [9.17, 15) is 8.42 Å². The minimum Gasteiger partial charge on any atom is -0.370 e. The van der Waals surface area contributed by atoms with Crippen molar-refractivity contribution >= 4 is 19.7 Å². The molecular weight excluding hydrogens is 302 g/mol. The van der Waals surface area contributed by atoms with Crippen molar-refractivity contribution in [3.63, 3.8) is 0 Å². The van der Waals surface area contributed by atoms with E-state index in [1.54, 1.807) is 24.3 Å². The zero-order chi connectivity index (χ0) is 14.2. The predicted octanol–water partition coefficient (Wildman–Crippen LogP) is 2.05.